The minimum Gasteiger partial charge on any atom is -0.492 e. The average Bonchev–Trinajstić information content (AvgIpc) is 2.56. The van der Waals surface area contributed by atoms with E-state index in [0.29, 0.717) is 0 Å². The topological polar surface area (TPSA) is 85.5 Å². The van der Waals surface area contributed by atoms with Crippen molar-refractivity contribution in [1.29, 1.82) is 5.41 Å². The second-order valence-electron chi connectivity index (χ2n) is 3.42. The molecule has 7 heteroatoms. The molecule has 1 aliphatic rings. The molecular weight excluding hydrogens is 198 g/mol. The number of hydrogen-bond donors (Lipinski definition) is 2. The molecule has 2 rings (SSSR count). The minimum absolute atomic E-state index is 0.0636. The number of amides is 1. The maximum Gasteiger partial charge on any atom is 0.255 e. The minimum atomic E-state index is -0.226. The van der Waals surface area contributed by atoms with E-state index >= 15 is 0 Å². The Labute approximate surface area is 86.0 Å². The van der Waals surface area contributed by atoms with Gasteiger partial charge in [-0.1, -0.05) is 0 Å². The average molecular weight is 209 g/mol. The number of carbonyl (C=O) groups excluding carboxylic acids is 1. The van der Waals surface area contributed by atoms with Crippen LogP contribution in [0.2, 0.25) is 0 Å². The smallest absolute Gasteiger partial charge is 0.255 e. The normalized spacial score (nSPS) is 16.7. The molecule has 0 unspecified atom stereocenters. The van der Waals surface area contributed by atoms with Gasteiger partial charge in [-0.2, -0.15) is 4.98 Å². The van der Waals surface area contributed by atoms with Gasteiger partial charge in [0.2, 0.25) is 17.8 Å². The van der Waals surface area contributed by atoms with E-state index < -0.39 is 0 Å². The zero-order chi connectivity index (χ0) is 11.2. The van der Waals surface area contributed by atoms with Gasteiger partial charge in [0.1, 0.15) is 6.54 Å². The van der Waals surface area contributed by atoms with Crippen LogP contribution in [0.15, 0.2) is 6.20 Å². The van der Waals surface area contributed by atoms with Crippen molar-refractivity contribution in [1.82, 2.24) is 14.5 Å². The lowest BCUT2D eigenvalue weighted by Crippen LogP contribution is -2.34. The third-order valence-electron chi connectivity index (χ3n) is 2.23. The van der Waals surface area contributed by atoms with E-state index in [1.54, 1.807) is 14.1 Å². The van der Waals surface area contributed by atoms with Gasteiger partial charge in [0, 0.05) is 14.1 Å². The number of aromatic nitrogens is 2. The highest BCUT2D eigenvalue weighted by Crippen LogP contribution is 2.20. The van der Waals surface area contributed by atoms with E-state index in [-0.39, 0.29) is 30.2 Å². The number of guanidine groups is 1. The Balaban J connectivity index is 2.43. The maximum absolute atomic E-state index is 11.6. The van der Waals surface area contributed by atoms with Crippen molar-refractivity contribution >= 4 is 17.8 Å². The first-order chi connectivity index (χ1) is 7.00. The number of nitrogens with one attached hydrogen (secondary N) is 1. The highest BCUT2D eigenvalue weighted by molar-refractivity contribution is 6.19. The fourth-order valence-electron chi connectivity index (χ4n) is 1.49. The van der Waals surface area contributed by atoms with E-state index in [4.69, 9.17) is 5.41 Å². The van der Waals surface area contributed by atoms with E-state index in [9.17, 15) is 9.90 Å². The highest BCUT2D eigenvalue weighted by Gasteiger charge is 2.34. The van der Waals surface area contributed by atoms with Crippen LogP contribution in [0, 0.1) is 5.41 Å². The van der Waals surface area contributed by atoms with Gasteiger partial charge in [0.05, 0.1) is 6.20 Å². The molecule has 0 aliphatic carbocycles. The Morgan fingerprint density at radius 1 is 1.53 bits per heavy atom. The molecule has 1 fully saturated rings. The molecular formula is C8H11N5O2. The zero-order valence-electron chi connectivity index (χ0n) is 8.43. The molecule has 1 amide bonds. The van der Waals surface area contributed by atoms with Gasteiger partial charge in [0.15, 0.2) is 0 Å². The van der Waals surface area contributed by atoms with Crippen LogP contribution >= 0.6 is 0 Å². The predicted molar refractivity (Wildman–Crippen MR) is 52.7 cm³/mol. The summed E-state index contributed by atoms with van der Waals surface area (Å²) in [4.78, 5) is 18.0. The van der Waals surface area contributed by atoms with Crippen molar-refractivity contribution in [3.8, 4) is 5.88 Å². The second-order valence-corrected chi connectivity index (χ2v) is 3.42. The third-order valence-corrected chi connectivity index (χ3v) is 2.23. The summed E-state index contributed by atoms with van der Waals surface area (Å²) in [6.45, 7) is 0.159. The molecule has 2 heterocycles. The Kier molecular flexibility index (Phi) is 1.88. The lowest BCUT2D eigenvalue weighted by molar-refractivity contribution is -0.116. The van der Waals surface area contributed by atoms with Crippen molar-refractivity contribution in [2.24, 2.45) is 7.05 Å². The number of aromatic hydroxyl groups is 1. The van der Waals surface area contributed by atoms with E-state index in [1.165, 1.54) is 20.6 Å². The maximum atomic E-state index is 11.6. The summed E-state index contributed by atoms with van der Waals surface area (Å²) >= 11 is 0. The van der Waals surface area contributed by atoms with Crippen molar-refractivity contribution in [3.63, 3.8) is 0 Å². The molecule has 7 nitrogen and oxygen atoms in total. The van der Waals surface area contributed by atoms with Gasteiger partial charge in [-0.25, -0.2) is 4.90 Å². The number of hydrogen-bond acceptors (Lipinski definition) is 4. The van der Waals surface area contributed by atoms with Crippen LogP contribution in [0.4, 0.5) is 5.95 Å². The molecule has 0 bridgehead atoms. The molecule has 15 heavy (non-hydrogen) atoms. The molecule has 0 spiro atoms. The first-order valence-electron chi connectivity index (χ1n) is 4.35. The summed E-state index contributed by atoms with van der Waals surface area (Å²) in [5.74, 6) is -0.0700. The van der Waals surface area contributed by atoms with Crippen LogP contribution in [0.3, 0.4) is 0 Å². The molecule has 0 aromatic carbocycles. The fourth-order valence-corrected chi connectivity index (χ4v) is 1.49. The third kappa shape index (κ3) is 1.32. The Morgan fingerprint density at radius 3 is 2.60 bits per heavy atom. The van der Waals surface area contributed by atoms with E-state index in [0.717, 1.165) is 0 Å². The van der Waals surface area contributed by atoms with Gasteiger partial charge in [-0.15, -0.1) is 0 Å². The molecule has 0 radical (unpaired) electrons. The Bertz CT molecular complexity index is 438. The molecule has 0 atom stereocenters. The van der Waals surface area contributed by atoms with Gasteiger partial charge in [-0.05, 0) is 0 Å². The van der Waals surface area contributed by atoms with Gasteiger partial charge >= 0.3 is 0 Å². The number of anilines is 1. The number of aryl methyl sites for hydroxylation is 1. The molecule has 1 saturated heterocycles. The monoisotopic (exact) mass is 209 g/mol. The van der Waals surface area contributed by atoms with Crippen LogP contribution in [0.25, 0.3) is 0 Å². The number of nitrogens with zero attached hydrogens (tertiary/aromatic N) is 4. The van der Waals surface area contributed by atoms with Crippen molar-refractivity contribution in [3.05, 3.63) is 6.20 Å². The highest BCUT2D eigenvalue weighted by atomic mass is 16.3. The van der Waals surface area contributed by atoms with Crippen LogP contribution in [-0.4, -0.2) is 45.0 Å². The lowest BCUT2D eigenvalue weighted by Gasteiger charge is -2.15. The van der Waals surface area contributed by atoms with Crippen molar-refractivity contribution in [2.45, 2.75) is 0 Å². The van der Waals surface area contributed by atoms with Crippen LogP contribution in [-0.2, 0) is 11.8 Å². The van der Waals surface area contributed by atoms with E-state index in [1.807, 2.05) is 0 Å². The van der Waals surface area contributed by atoms with Gasteiger partial charge < -0.3 is 14.6 Å². The summed E-state index contributed by atoms with van der Waals surface area (Å²) in [5.41, 5.74) is 0. The Morgan fingerprint density at radius 2 is 2.20 bits per heavy atom. The summed E-state index contributed by atoms with van der Waals surface area (Å²) in [7, 11) is 3.31. The molecule has 80 valence electrons. The number of rotatable bonds is 1. The van der Waals surface area contributed by atoms with Gasteiger partial charge in [0.25, 0.3) is 5.91 Å². The van der Waals surface area contributed by atoms with Crippen LogP contribution in [0.5, 0.6) is 5.88 Å². The Hall–Kier alpha value is -2.05. The zero-order valence-corrected chi connectivity index (χ0v) is 8.43. The first kappa shape index (κ1) is 9.50. The molecule has 2 N–H and O–H groups in total. The van der Waals surface area contributed by atoms with Crippen molar-refractivity contribution in [2.75, 3.05) is 18.5 Å². The largest absolute Gasteiger partial charge is 0.492 e. The molecule has 1 aliphatic heterocycles. The number of likely N-dealkylation sites (N-methyl/N-ethyl adjacent to an activating group) is 1. The summed E-state index contributed by atoms with van der Waals surface area (Å²) in [6, 6.07) is 0. The van der Waals surface area contributed by atoms with Crippen LogP contribution < -0.4 is 4.90 Å². The summed E-state index contributed by atoms with van der Waals surface area (Å²) in [5, 5.41) is 16.9. The van der Waals surface area contributed by atoms with Crippen LogP contribution in [0.1, 0.15) is 0 Å². The van der Waals surface area contributed by atoms with Crippen molar-refractivity contribution < 1.29 is 9.90 Å². The quantitative estimate of drug-likeness (QED) is 0.643. The molecule has 1 aromatic heterocycles. The number of carbonyl (C=O) groups is 1. The molecule has 0 saturated carbocycles. The second kappa shape index (κ2) is 2.97. The van der Waals surface area contributed by atoms with Gasteiger partial charge in [-0.3, -0.25) is 10.2 Å². The van der Waals surface area contributed by atoms with E-state index in [2.05, 4.69) is 4.98 Å². The fraction of sp³-hybridized carbons (Fsp3) is 0.375. The summed E-state index contributed by atoms with van der Waals surface area (Å²) < 4.78 is 1.50. The predicted octanol–water partition coefficient (Wildman–Crippen LogP) is -0.661. The summed E-state index contributed by atoms with van der Waals surface area (Å²) in [6.07, 6.45) is 1.38. The standard InChI is InChI=1S/C8H11N5O2/c1-11-4-6(15)13(7(11)9)8-10-5(14)3-12(8)2/h3,9,14H,4H2,1-2H3. The SMILES string of the molecule is CN1CC(=O)N(c2nc(O)cn2C)C1=N. The number of imidazole rings is 1. The first-order valence-corrected chi connectivity index (χ1v) is 4.35. The molecule has 1 aromatic rings. The lowest BCUT2D eigenvalue weighted by atomic mass is 10.6.